The van der Waals surface area contributed by atoms with Gasteiger partial charge in [-0.2, -0.15) is 31.4 Å². The molecule has 0 aliphatic rings. The van der Waals surface area contributed by atoms with E-state index in [9.17, 15) is 26.3 Å². The molecule has 0 unspecified atom stereocenters. The summed E-state index contributed by atoms with van der Waals surface area (Å²) in [5, 5.41) is 12.2. The van der Waals surface area contributed by atoms with Crippen molar-refractivity contribution in [3.05, 3.63) is 65.7 Å². The topological polar surface area (TPSA) is 52.7 Å². The molecule has 0 atom stereocenters. The van der Waals surface area contributed by atoms with E-state index in [1.54, 1.807) is 0 Å². The van der Waals surface area contributed by atoms with Gasteiger partial charge in [-0.3, -0.25) is 5.10 Å². The van der Waals surface area contributed by atoms with Gasteiger partial charge in [-0.05, 0) is 48.5 Å². The summed E-state index contributed by atoms with van der Waals surface area (Å²) in [6.45, 7) is 0. The average molecular weight is 386 g/mol. The second-order valence-electron chi connectivity index (χ2n) is 5.57. The number of halogens is 6. The Morgan fingerprint density at radius 3 is 1.56 bits per heavy atom. The van der Waals surface area contributed by atoms with E-state index in [2.05, 4.69) is 20.8 Å². The van der Waals surface area contributed by atoms with E-state index < -0.39 is 23.5 Å². The molecule has 0 radical (unpaired) electrons. The highest BCUT2D eigenvalue weighted by atomic mass is 19.4. The molecule has 0 spiro atoms. The smallest absolute Gasteiger partial charge is 0.341 e. The lowest BCUT2D eigenvalue weighted by Gasteiger charge is -2.08. The summed E-state index contributed by atoms with van der Waals surface area (Å²) in [4.78, 5) is 0. The van der Waals surface area contributed by atoms with E-state index in [-0.39, 0.29) is 0 Å². The maximum Gasteiger partial charge on any atom is 0.416 e. The number of alkyl halides is 6. The van der Waals surface area contributed by atoms with Gasteiger partial charge in [0.15, 0.2) is 5.82 Å². The van der Waals surface area contributed by atoms with Crippen molar-refractivity contribution in [1.82, 2.24) is 10.2 Å². The van der Waals surface area contributed by atoms with E-state index in [0.29, 0.717) is 23.0 Å². The van der Waals surface area contributed by atoms with Gasteiger partial charge >= 0.3 is 12.4 Å². The lowest BCUT2D eigenvalue weighted by Crippen LogP contribution is -2.04. The lowest BCUT2D eigenvalue weighted by molar-refractivity contribution is -0.138. The van der Waals surface area contributed by atoms with Crippen molar-refractivity contribution >= 4 is 23.0 Å². The van der Waals surface area contributed by atoms with E-state index in [1.807, 2.05) is 0 Å². The van der Waals surface area contributed by atoms with E-state index in [4.69, 9.17) is 0 Å². The minimum atomic E-state index is -4.41. The van der Waals surface area contributed by atoms with Gasteiger partial charge in [-0.1, -0.05) is 0 Å². The fraction of sp³-hybridized carbons (Fsp3) is 0.118. The highest BCUT2D eigenvalue weighted by Gasteiger charge is 2.30. The number of nitrogens with one attached hydrogen (secondary N) is 3. The maximum atomic E-state index is 12.5. The zero-order valence-electron chi connectivity index (χ0n) is 13.4. The number of rotatable bonds is 4. The molecule has 3 N–H and O–H groups in total. The average Bonchev–Trinajstić information content (AvgIpc) is 3.01. The Morgan fingerprint density at radius 1 is 0.667 bits per heavy atom. The number of anilines is 4. The Balaban J connectivity index is 1.65. The van der Waals surface area contributed by atoms with Gasteiger partial charge < -0.3 is 10.6 Å². The molecule has 10 heteroatoms. The SMILES string of the molecule is FC(F)(F)c1ccc(Nc2cc(Nc3ccc(C(F)(F)F)cc3)[nH]n2)cc1. The summed E-state index contributed by atoms with van der Waals surface area (Å²) < 4.78 is 75.2. The molecule has 0 saturated heterocycles. The van der Waals surface area contributed by atoms with Crippen LogP contribution in [0, 0.1) is 0 Å². The largest absolute Gasteiger partial charge is 0.416 e. The van der Waals surface area contributed by atoms with E-state index in [0.717, 1.165) is 24.3 Å². The molecule has 1 heterocycles. The first-order valence-corrected chi connectivity index (χ1v) is 7.55. The summed E-state index contributed by atoms with van der Waals surface area (Å²) in [5.41, 5.74) is -0.717. The number of aromatic amines is 1. The molecule has 142 valence electrons. The van der Waals surface area contributed by atoms with Gasteiger partial charge in [0.1, 0.15) is 5.82 Å². The van der Waals surface area contributed by atoms with Crippen LogP contribution < -0.4 is 10.6 Å². The molecule has 27 heavy (non-hydrogen) atoms. The molecule has 0 saturated carbocycles. The zero-order chi connectivity index (χ0) is 19.7. The second kappa shape index (κ2) is 6.86. The highest BCUT2D eigenvalue weighted by Crippen LogP contribution is 2.31. The summed E-state index contributed by atoms with van der Waals surface area (Å²) in [5.74, 6) is 0.716. The molecule has 0 aliphatic carbocycles. The Labute approximate surface area is 149 Å². The Bertz CT molecular complexity index is 821. The zero-order valence-corrected chi connectivity index (χ0v) is 13.4. The van der Waals surface area contributed by atoms with Gasteiger partial charge in [0.25, 0.3) is 0 Å². The van der Waals surface area contributed by atoms with Gasteiger partial charge in [0.2, 0.25) is 0 Å². The summed E-state index contributed by atoms with van der Waals surface area (Å²) in [7, 11) is 0. The highest BCUT2D eigenvalue weighted by molar-refractivity contribution is 5.63. The van der Waals surface area contributed by atoms with Crippen LogP contribution in [0.1, 0.15) is 11.1 Å². The summed E-state index contributed by atoms with van der Waals surface area (Å²) >= 11 is 0. The minimum Gasteiger partial charge on any atom is -0.341 e. The molecular weight excluding hydrogens is 374 g/mol. The van der Waals surface area contributed by atoms with Gasteiger partial charge in [-0.15, -0.1) is 0 Å². The van der Waals surface area contributed by atoms with Gasteiger partial charge in [-0.25, -0.2) is 0 Å². The third-order valence-corrected chi connectivity index (χ3v) is 3.55. The van der Waals surface area contributed by atoms with Crippen LogP contribution in [0.2, 0.25) is 0 Å². The van der Waals surface area contributed by atoms with Crippen LogP contribution in [-0.2, 0) is 12.4 Å². The maximum absolute atomic E-state index is 12.5. The Hall–Kier alpha value is -3.17. The molecule has 4 nitrogen and oxygen atoms in total. The van der Waals surface area contributed by atoms with Crippen LogP contribution in [0.5, 0.6) is 0 Å². The molecule has 2 aromatic carbocycles. The fourth-order valence-corrected chi connectivity index (χ4v) is 2.24. The predicted molar refractivity (Wildman–Crippen MR) is 88.0 cm³/mol. The second-order valence-corrected chi connectivity index (χ2v) is 5.57. The molecule has 0 aliphatic heterocycles. The van der Waals surface area contributed by atoms with Gasteiger partial charge in [0.05, 0.1) is 11.1 Å². The summed E-state index contributed by atoms with van der Waals surface area (Å²) in [6, 6.07) is 10.4. The number of aromatic nitrogens is 2. The van der Waals surface area contributed by atoms with Gasteiger partial charge in [0, 0.05) is 17.4 Å². The molecule has 0 fully saturated rings. The number of hydrogen-bond acceptors (Lipinski definition) is 3. The van der Waals surface area contributed by atoms with Crippen LogP contribution in [0.25, 0.3) is 0 Å². The monoisotopic (exact) mass is 386 g/mol. The number of hydrogen-bond donors (Lipinski definition) is 3. The first-order valence-electron chi connectivity index (χ1n) is 7.55. The minimum absolute atomic E-state index is 0.323. The first kappa shape index (κ1) is 18.6. The lowest BCUT2D eigenvalue weighted by atomic mass is 10.2. The van der Waals surface area contributed by atoms with Crippen LogP contribution in [0.3, 0.4) is 0 Å². The number of benzene rings is 2. The van der Waals surface area contributed by atoms with Crippen molar-refractivity contribution in [2.75, 3.05) is 10.6 Å². The van der Waals surface area contributed by atoms with Crippen molar-refractivity contribution in [3.63, 3.8) is 0 Å². The molecule has 0 amide bonds. The molecule has 3 aromatic rings. The molecular formula is C17H12F6N4. The quantitative estimate of drug-likeness (QED) is 0.487. The molecule has 3 rings (SSSR count). The van der Waals surface area contributed by atoms with E-state index in [1.165, 1.54) is 30.3 Å². The number of nitrogens with zero attached hydrogens (tertiary/aromatic N) is 1. The molecule has 1 aromatic heterocycles. The number of H-pyrrole nitrogens is 1. The van der Waals surface area contributed by atoms with Crippen LogP contribution in [0.4, 0.5) is 49.4 Å². The Kier molecular flexibility index (Phi) is 4.73. The third-order valence-electron chi connectivity index (χ3n) is 3.55. The van der Waals surface area contributed by atoms with Crippen molar-refractivity contribution in [3.8, 4) is 0 Å². The predicted octanol–water partition coefficient (Wildman–Crippen LogP) is 5.93. The van der Waals surface area contributed by atoms with Crippen molar-refractivity contribution < 1.29 is 26.3 Å². The Morgan fingerprint density at radius 2 is 1.11 bits per heavy atom. The normalized spacial score (nSPS) is 12.1. The molecule has 0 bridgehead atoms. The standard InChI is InChI=1S/C17H12F6N4/c18-16(19,20)10-1-5-12(6-2-10)24-14-9-15(27-26-14)25-13-7-3-11(4-8-13)17(21,22)23/h1-9H,(H3,24,25,26,27). The first-order chi connectivity index (χ1) is 12.6. The third kappa shape index (κ3) is 4.72. The van der Waals surface area contributed by atoms with Crippen molar-refractivity contribution in [2.24, 2.45) is 0 Å². The fourth-order valence-electron chi connectivity index (χ4n) is 2.24. The van der Waals surface area contributed by atoms with Crippen LogP contribution in [0.15, 0.2) is 54.6 Å². The van der Waals surface area contributed by atoms with Crippen LogP contribution in [-0.4, -0.2) is 10.2 Å². The van der Waals surface area contributed by atoms with Crippen LogP contribution >= 0.6 is 0 Å². The summed E-state index contributed by atoms with van der Waals surface area (Å²) in [6.07, 6.45) is -8.82. The van der Waals surface area contributed by atoms with Crippen molar-refractivity contribution in [2.45, 2.75) is 12.4 Å². The van der Waals surface area contributed by atoms with E-state index >= 15 is 0 Å². The van der Waals surface area contributed by atoms with Crippen molar-refractivity contribution in [1.29, 1.82) is 0 Å².